The number of carbonyl (C=O) groups excluding carboxylic acids is 1. The molecule has 0 saturated carbocycles. The summed E-state index contributed by atoms with van der Waals surface area (Å²) in [7, 11) is 2.69. The van der Waals surface area contributed by atoms with Gasteiger partial charge in [-0.3, -0.25) is 14.8 Å². The molecule has 0 saturated heterocycles. The number of ether oxygens (including phenoxy) is 2. The van der Waals surface area contributed by atoms with Crippen LogP contribution in [0.25, 0.3) is 5.69 Å². The Balaban J connectivity index is 1.99. The van der Waals surface area contributed by atoms with Crippen LogP contribution in [0, 0.1) is 0 Å². The fourth-order valence-electron chi connectivity index (χ4n) is 2.98. The third-order valence-corrected chi connectivity index (χ3v) is 4.67. The lowest BCUT2D eigenvalue weighted by atomic mass is 10.1. The van der Waals surface area contributed by atoms with E-state index >= 15 is 0 Å². The van der Waals surface area contributed by atoms with Gasteiger partial charge in [-0.2, -0.15) is 0 Å². The van der Waals surface area contributed by atoms with E-state index in [1.807, 2.05) is 0 Å². The molecule has 0 fully saturated rings. The number of aliphatic imine (C=N–C) groups is 1. The Labute approximate surface area is 182 Å². The summed E-state index contributed by atoms with van der Waals surface area (Å²) in [6.07, 6.45) is 1.15. The van der Waals surface area contributed by atoms with Gasteiger partial charge >= 0.3 is 11.7 Å². The zero-order valence-corrected chi connectivity index (χ0v) is 17.3. The number of methoxy groups -OCH3 is 2. The van der Waals surface area contributed by atoms with E-state index in [9.17, 15) is 24.6 Å². The van der Waals surface area contributed by atoms with Gasteiger partial charge in [-0.1, -0.05) is 12.1 Å². The number of rotatable bonds is 7. The average Bonchev–Trinajstić information content (AvgIpc) is 2.79. The highest BCUT2D eigenvalue weighted by Crippen LogP contribution is 2.19. The van der Waals surface area contributed by atoms with E-state index in [1.54, 1.807) is 24.3 Å². The fraction of sp³-hybridized carbons (Fsp3) is 0.182. The van der Waals surface area contributed by atoms with Crippen LogP contribution < -0.4 is 16.0 Å². The molecule has 10 nitrogen and oxygen atoms in total. The number of carbonyl (C=O) groups is 1. The van der Waals surface area contributed by atoms with Crippen molar-refractivity contribution in [3.63, 3.8) is 0 Å². The minimum atomic E-state index is -1.02. The molecular formula is C22H21N3O7. The first-order valence-corrected chi connectivity index (χ1v) is 9.45. The Hall–Kier alpha value is -4.34. The van der Waals surface area contributed by atoms with Crippen LogP contribution in [-0.2, 0) is 16.0 Å². The number of aromatic hydroxyl groups is 2. The van der Waals surface area contributed by atoms with Gasteiger partial charge in [0, 0.05) is 12.6 Å². The van der Waals surface area contributed by atoms with Crippen molar-refractivity contribution in [2.45, 2.75) is 12.5 Å². The van der Waals surface area contributed by atoms with Crippen molar-refractivity contribution in [1.82, 2.24) is 9.55 Å². The standard InChI is InChI=1S/C22H21N3O7/c1-31-16-9-5-14(6-10-16)25-20(28)17(19(27)24-22(25)30)12-23-18(21(29)32-2)11-13-3-7-15(26)8-4-13/h3-10,12,18,26,28H,11H2,1-2H3,(H,24,27,30)/t18-/m0/s1. The van der Waals surface area contributed by atoms with Crippen molar-refractivity contribution in [1.29, 1.82) is 0 Å². The Bertz CT molecular complexity index is 1240. The van der Waals surface area contributed by atoms with E-state index in [0.29, 0.717) is 11.3 Å². The van der Waals surface area contributed by atoms with Crippen LogP contribution in [0.15, 0.2) is 63.1 Å². The van der Waals surface area contributed by atoms with Crippen LogP contribution in [0.1, 0.15) is 11.1 Å². The van der Waals surface area contributed by atoms with E-state index in [1.165, 1.54) is 38.5 Å². The maximum absolute atomic E-state index is 12.3. The Morgan fingerprint density at radius 3 is 2.34 bits per heavy atom. The van der Waals surface area contributed by atoms with Gasteiger partial charge in [-0.25, -0.2) is 14.2 Å². The first kappa shape index (κ1) is 22.3. The van der Waals surface area contributed by atoms with Gasteiger partial charge in [0.2, 0.25) is 5.88 Å². The predicted molar refractivity (Wildman–Crippen MR) is 116 cm³/mol. The minimum absolute atomic E-state index is 0.0733. The molecule has 1 heterocycles. The summed E-state index contributed by atoms with van der Waals surface area (Å²) in [6.45, 7) is 0. The molecule has 10 heteroatoms. The van der Waals surface area contributed by atoms with Gasteiger partial charge in [-0.15, -0.1) is 0 Å². The van der Waals surface area contributed by atoms with Gasteiger partial charge in [-0.05, 0) is 42.0 Å². The van der Waals surface area contributed by atoms with E-state index in [-0.39, 0.29) is 23.4 Å². The summed E-state index contributed by atoms with van der Waals surface area (Å²) < 4.78 is 10.7. The number of phenolic OH excluding ortho intramolecular Hbond substituents is 1. The highest BCUT2D eigenvalue weighted by Gasteiger charge is 2.20. The number of phenols is 1. The topological polar surface area (TPSA) is 143 Å². The molecule has 0 aliphatic heterocycles. The molecule has 0 spiro atoms. The summed E-state index contributed by atoms with van der Waals surface area (Å²) in [4.78, 5) is 43.0. The molecule has 0 amide bonds. The minimum Gasteiger partial charge on any atom is -0.508 e. The molecule has 3 aromatic rings. The second kappa shape index (κ2) is 9.65. The van der Waals surface area contributed by atoms with Gasteiger partial charge in [0.1, 0.15) is 17.1 Å². The van der Waals surface area contributed by atoms with Crippen molar-refractivity contribution in [2.24, 2.45) is 4.99 Å². The molecule has 1 aromatic heterocycles. The Kier molecular flexibility index (Phi) is 6.74. The summed E-state index contributed by atoms with van der Waals surface area (Å²) in [5, 5.41) is 20.0. The van der Waals surface area contributed by atoms with Gasteiger partial charge < -0.3 is 19.7 Å². The second-order valence-corrected chi connectivity index (χ2v) is 6.72. The molecular weight excluding hydrogens is 418 g/mol. The van der Waals surface area contributed by atoms with Crippen LogP contribution in [0.5, 0.6) is 17.4 Å². The second-order valence-electron chi connectivity index (χ2n) is 6.72. The van der Waals surface area contributed by atoms with Crippen LogP contribution in [-0.4, -0.2) is 52.2 Å². The van der Waals surface area contributed by atoms with Crippen LogP contribution in [0.4, 0.5) is 0 Å². The molecule has 3 rings (SSSR count). The number of esters is 1. The third kappa shape index (κ3) is 4.86. The maximum Gasteiger partial charge on any atom is 0.335 e. The number of aromatic nitrogens is 2. The van der Waals surface area contributed by atoms with Gasteiger partial charge in [0.25, 0.3) is 5.56 Å². The molecule has 0 aliphatic rings. The summed E-state index contributed by atoms with van der Waals surface area (Å²) in [6, 6.07) is 11.4. The van der Waals surface area contributed by atoms with Crippen molar-refractivity contribution >= 4 is 12.2 Å². The van der Waals surface area contributed by atoms with E-state index in [2.05, 4.69) is 9.98 Å². The number of nitrogens with zero attached hydrogens (tertiary/aromatic N) is 2. The highest BCUT2D eigenvalue weighted by molar-refractivity contribution is 5.85. The first-order valence-electron chi connectivity index (χ1n) is 9.45. The predicted octanol–water partition coefficient (Wildman–Crippen LogP) is 1.15. The molecule has 32 heavy (non-hydrogen) atoms. The number of hydrogen-bond acceptors (Lipinski definition) is 8. The number of hydrogen-bond donors (Lipinski definition) is 3. The monoisotopic (exact) mass is 439 g/mol. The average molecular weight is 439 g/mol. The van der Waals surface area contributed by atoms with Crippen molar-refractivity contribution in [3.8, 4) is 23.1 Å². The lowest BCUT2D eigenvalue weighted by Gasteiger charge is -2.12. The number of aromatic amines is 1. The molecule has 1 atom stereocenters. The van der Waals surface area contributed by atoms with E-state index in [0.717, 1.165) is 10.8 Å². The van der Waals surface area contributed by atoms with Crippen molar-refractivity contribution in [3.05, 3.63) is 80.5 Å². The van der Waals surface area contributed by atoms with Gasteiger partial charge in [0.15, 0.2) is 6.04 Å². The molecule has 166 valence electrons. The van der Waals surface area contributed by atoms with Crippen molar-refractivity contribution in [2.75, 3.05) is 14.2 Å². The highest BCUT2D eigenvalue weighted by atomic mass is 16.5. The lowest BCUT2D eigenvalue weighted by molar-refractivity contribution is -0.142. The van der Waals surface area contributed by atoms with E-state index in [4.69, 9.17) is 9.47 Å². The first-order chi connectivity index (χ1) is 15.3. The maximum atomic E-state index is 12.3. The lowest BCUT2D eigenvalue weighted by Crippen LogP contribution is -2.31. The molecule has 0 radical (unpaired) electrons. The van der Waals surface area contributed by atoms with E-state index < -0.39 is 29.1 Å². The zero-order chi connectivity index (χ0) is 23.3. The summed E-state index contributed by atoms with van der Waals surface area (Å²) in [5.74, 6) is -0.679. The summed E-state index contributed by atoms with van der Waals surface area (Å²) in [5.41, 5.74) is -1.04. The SMILES string of the molecule is COC(=O)[C@H](Cc1ccc(O)cc1)N=Cc1c(O)n(-c2ccc(OC)cc2)c(=O)[nH]c1=O. The Morgan fingerprint density at radius 2 is 1.75 bits per heavy atom. The number of H-pyrrole nitrogens is 1. The molecule has 0 unspecified atom stereocenters. The molecule has 0 aliphatic carbocycles. The quantitative estimate of drug-likeness (QED) is 0.370. The largest absolute Gasteiger partial charge is 0.508 e. The number of benzene rings is 2. The van der Waals surface area contributed by atoms with Gasteiger partial charge in [0.05, 0.1) is 19.9 Å². The summed E-state index contributed by atoms with van der Waals surface area (Å²) >= 11 is 0. The van der Waals surface area contributed by atoms with Crippen LogP contribution in [0.3, 0.4) is 0 Å². The van der Waals surface area contributed by atoms with Crippen molar-refractivity contribution < 1.29 is 24.5 Å². The van der Waals surface area contributed by atoms with Crippen LogP contribution in [0.2, 0.25) is 0 Å². The molecule has 3 N–H and O–H groups in total. The smallest absolute Gasteiger partial charge is 0.335 e. The van der Waals surface area contributed by atoms with Crippen LogP contribution >= 0.6 is 0 Å². The Morgan fingerprint density at radius 1 is 1.09 bits per heavy atom. The molecule has 0 bridgehead atoms. The normalized spacial score (nSPS) is 11.9. The molecule has 2 aromatic carbocycles. The third-order valence-electron chi connectivity index (χ3n) is 4.67. The zero-order valence-electron chi connectivity index (χ0n) is 17.3. The number of nitrogens with one attached hydrogen (secondary N) is 1. The fourth-order valence-corrected chi connectivity index (χ4v) is 2.98.